The third-order valence-electron chi connectivity index (χ3n) is 4.48. The van der Waals surface area contributed by atoms with Gasteiger partial charge in [-0.3, -0.25) is 4.79 Å². The Balaban J connectivity index is 1.75. The molecule has 3 heteroatoms. The smallest absolute Gasteiger partial charge is 0.323 e. The predicted molar refractivity (Wildman–Crippen MR) is 77.1 cm³/mol. The van der Waals surface area contributed by atoms with Crippen molar-refractivity contribution in [2.75, 3.05) is 6.61 Å². The molecule has 3 nitrogen and oxygen atoms in total. The summed E-state index contributed by atoms with van der Waals surface area (Å²) in [5.41, 5.74) is 0. The van der Waals surface area contributed by atoms with E-state index in [-0.39, 0.29) is 12.0 Å². The third-order valence-corrected chi connectivity index (χ3v) is 4.48. The molecule has 1 aliphatic carbocycles. The fraction of sp³-hybridized carbons (Fsp3) is 0.938. The van der Waals surface area contributed by atoms with Crippen LogP contribution in [0, 0.1) is 0 Å². The molecule has 0 aromatic heterocycles. The highest BCUT2D eigenvalue weighted by Crippen LogP contribution is 2.18. The Morgan fingerprint density at radius 1 is 0.789 bits per heavy atom. The van der Waals surface area contributed by atoms with Gasteiger partial charge in [0.05, 0.1) is 6.61 Å². The SMILES string of the molecule is O=C1OCCC1NC1CCCCCCCCCCC1. The van der Waals surface area contributed by atoms with Crippen molar-refractivity contribution in [1.29, 1.82) is 0 Å². The zero-order chi connectivity index (χ0) is 13.3. The number of carbonyl (C=O) groups excluding carboxylic acids is 1. The van der Waals surface area contributed by atoms with Crippen LogP contribution in [0.2, 0.25) is 0 Å². The molecule has 19 heavy (non-hydrogen) atoms. The topological polar surface area (TPSA) is 38.3 Å². The molecule has 2 rings (SSSR count). The first-order valence-electron chi connectivity index (χ1n) is 8.29. The molecular weight excluding hydrogens is 238 g/mol. The average Bonchev–Trinajstić information content (AvgIpc) is 2.78. The lowest BCUT2D eigenvalue weighted by Crippen LogP contribution is -2.41. The van der Waals surface area contributed by atoms with Gasteiger partial charge in [0, 0.05) is 12.5 Å². The van der Waals surface area contributed by atoms with Crippen LogP contribution >= 0.6 is 0 Å². The molecular formula is C16H29NO2. The van der Waals surface area contributed by atoms with Crippen LogP contribution in [0.4, 0.5) is 0 Å². The summed E-state index contributed by atoms with van der Waals surface area (Å²) in [6, 6.07) is 0.494. The highest BCUT2D eigenvalue weighted by molar-refractivity contribution is 5.77. The van der Waals surface area contributed by atoms with E-state index in [0.29, 0.717) is 12.6 Å². The van der Waals surface area contributed by atoms with Gasteiger partial charge < -0.3 is 10.1 Å². The zero-order valence-electron chi connectivity index (χ0n) is 12.2. The van der Waals surface area contributed by atoms with Crippen molar-refractivity contribution >= 4 is 5.97 Å². The van der Waals surface area contributed by atoms with Crippen LogP contribution in [0.5, 0.6) is 0 Å². The minimum atomic E-state index is -0.0360. The summed E-state index contributed by atoms with van der Waals surface area (Å²) in [4.78, 5) is 11.5. The number of cyclic esters (lactones) is 1. The molecule has 0 bridgehead atoms. The van der Waals surface area contributed by atoms with Crippen LogP contribution in [-0.2, 0) is 9.53 Å². The Labute approximate surface area is 117 Å². The van der Waals surface area contributed by atoms with Gasteiger partial charge in [0.25, 0.3) is 0 Å². The van der Waals surface area contributed by atoms with Gasteiger partial charge in [-0.25, -0.2) is 0 Å². The molecule has 0 amide bonds. The Kier molecular flexibility index (Phi) is 6.69. The summed E-state index contributed by atoms with van der Waals surface area (Å²) < 4.78 is 5.04. The summed E-state index contributed by atoms with van der Waals surface area (Å²) in [6.45, 7) is 0.600. The number of esters is 1. The lowest BCUT2D eigenvalue weighted by Gasteiger charge is -2.21. The summed E-state index contributed by atoms with van der Waals surface area (Å²) in [5.74, 6) is -0.0360. The van der Waals surface area contributed by atoms with Crippen LogP contribution < -0.4 is 5.32 Å². The number of nitrogens with one attached hydrogen (secondary N) is 1. The second-order valence-electron chi connectivity index (χ2n) is 6.13. The highest BCUT2D eigenvalue weighted by atomic mass is 16.5. The van der Waals surface area contributed by atoms with E-state index in [1.807, 2.05) is 0 Å². The van der Waals surface area contributed by atoms with Crippen molar-refractivity contribution in [3.05, 3.63) is 0 Å². The predicted octanol–water partition coefficient (Wildman–Crippen LogP) is 3.56. The Morgan fingerprint density at radius 2 is 1.32 bits per heavy atom. The van der Waals surface area contributed by atoms with Crippen molar-refractivity contribution in [2.45, 2.75) is 89.1 Å². The van der Waals surface area contributed by atoms with Gasteiger partial charge in [-0.05, 0) is 12.8 Å². The second-order valence-corrected chi connectivity index (χ2v) is 6.13. The summed E-state index contributed by atoms with van der Waals surface area (Å²) in [7, 11) is 0. The number of hydrogen-bond acceptors (Lipinski definition) is 3. The maximum Gasteiger partial charge on any atom is 0.323 e. The van der Waals surface area contributed by atoms with Gasteiger partial charge in [-0.1, -0.05) is 57.8 Å². The van der Waals surface area contributed by atoms with Crippen molar-refractivity contribution < 1.29 is 9.53 Å². The fourth-order valence-electron chi connectivity index (χ4n) is 3.26. The quantitative estimate of drug-likeness (QED) is 0.777. The average molecular weight is 267 g/mol. The molecule has 0 aromatic carbocycles. The van der Waals surface area contributed by atoms with Gasteiger partial charge in [-0.2, -0.15) is 0 Å². The number of rotatable bonds is 2. The first-order valence-corrected chi connectivity index (χ1v) is 8.29. The van der Waals surface area contributed by atoms with E-state index in [9.17, 15) is 4.79 Å². The number of ether oxygens (including phenoxy) is 1. The highest BCUT2D eigenvalue weighted by Gasteiger charge is 2.28. The molecule has 2 aliphatic rings. The monoisotopic (exact) mass is 267 g/mol. The number of hydrogen-bond donors (Lipinski definition) is 1. The first-order chi connectivity index (χ1) is 9.36. The maximum atomic E-state index is 11.5. The van der Waals surface area contributed by atoms with Crippen LogP contribution in [0.1, 0.15) is 77.0 Å². The van der Waals surface area contributed by atoms with E-state index < -0.39 is 0 Å². The molecule has 2 fully saturated rings. The van der Waals surface area contributed by atoms with Gasteiger partial charge in [0.2, 0.25) is 0 Å². The lowest BCUT2D eigenvalue weighted by molar-refractivity contribution is -0.139. The molecule has 0 spiro atoms. The largest absolute Gasteiger partial charge is 0.464 e. The molecule has 110 valence electrons. The fourth-order valence-corrected chi connectivity index (χ4v) is 3.26. The molecule has 0 radical (unpaired) electrons. The zero-order valence-corrected chi connectivity index (χ0v) is 12.2. The Bertz CT molecular complexity index is 255. The van der Waals surface area contributed by atoms with E-state index >= 15 is 0 Å². The summed E-state index contributed by atoms with van der Waals surface area (Å²) in [5, 5.41) is 3.55. The summed E-state index contributed by atoms with van der Waals surface area (Å²) >= 11 is 0. The minimum Gasteiger partial charge on any atom is -0.464 e. The molecule has 1 saturated carbocycles. The third kappa shape index (κ3) is 5.52. The van der Waals surface area contributed by atoms with E-state index in [0.717, 1.165) is 6.42 Å². The molecule has 1 atom stereocenters. The number of carbonyl (C=O) groups is 1. The minimum absolute atomic E-state index is 0.0297. The summed E-state index contributed by atoms with van der Waals surface area (Å²) in [6.07, 6.45) is 15.6. The molecule has 1 heterocycles. The first kappa shape index (κ1) is 14.8. The second kappa shape index (κ2) is 8.57. The van der Waals surface area contributed by atoms with Crippen LogP contribution in [0.3, 0.4) is 0 Å². The van der Waals surface area contributed by atoms with Crippen molar-refractivity contribution in [3.63, 3.8) is 0 Å². The molecule has 1 unspecified atom stereocenters. The van der Waals surface area contributed by atoms with Gasteiger partial charge in [0.1, 0.15) is 6.04 Å². The van der Waals surface area contributed by atoms with Crippen LogP contribution in [0.25, 0.3) is 0 Å². The standard InChI is InChI=1S/C16H29NO2/c18-16-15(12-13-19-16)17-14-10-8-6-4-2-1-3-5-7-9-11-14/h14-15,17H,1-13H2. The van der Waals surface area contributed by atoms with Crippen LogP contribution in [0.15, 0.2) is 0 Å². The molecule has 0 aromatic rings. The van der Waals surface area contributed by atoms with E-state index in [2.05, 4.69) is 5.32 Å². The molecule has 1 aliphatic heterocycles. The van der Waals surface area contributed by atoms with Gasteiger partial charge in [0.15, 0.2) is 0 Å². The van der Waals surface area contributed by atoms with Crippen molar-refractivity contribution in [3.8, 4) is 0 Å². The maximum absolute atomic E-state index is 11.5. The van der Waals surface area contributed by atoms with Crippen LogP contribution in [-0.4, -0.2) is 24.7 Å². The van der Waals surface area contributed by atoms with E-state index in [4.69, 9.17) is 4.74 Å². The Hall–Kier alpha value is -0.570. The molecule has 1 N–H and O–H groups in total. The van der Waals surface area contributed by atoms with Gasteiger partial charge in [-0.15, -0.1) is 0 Å². The normalized spacial score (nSPS) is 28.4. The van der Waals surface area contributed by atoms with E-state index in [1.165, 1.54) is 70.6 Å². The van der Waals surface area contributed by atoms with Crippen molar-refractivity contribution in [2.24, 2.45) is 0 Å². The molecule has 1 saturated heterocycles. The van der Waals surface area contributed by atoms with Gasteiger partial charge >= 0.3 is 5.97 Å². The van der Waals surface area contributed by atoms with Crippen molar-refractivity contribution in [1.82, 2.24) is 5.32 Å². The Morgan fingerprint density at radius 3 is 1.79 bits per heavy atom. The van der Waals surface area contributed by atoms with E-state index in [1.54, 1.807) is 0 Å². The lowest BCUT2D eigenvalue weighted by atomic mass is 9.97.